The molecule has 3 nitrogen and oxygen atoms in total. The van der Waals surface area contributed by atoms with Gasteiger partial charge in [-0.25, -0.2) is 0 Å². The van der Waals surface area contributed by atoms with Crippen molar-refractivity contribution in [2.24, 2.45) is 0 Å². The number of aromatic nitrogens is 1. The fraction of sp³-hybridized carbons (Fsp3) is 0.111. The Labute approximate surface area is 70.7 Å². The summed E-state index contributed by atoms with van der Waals surface area (Å²) in [5, 5.41) is 0. The molecule has 0 bridgehead atoms. The molecule has 0 aromatic carbocycles. The minimum atomic E-state index is -0.151. The van der Waals surface area contributed by atoms with Crippen molar-refractivity contribution in [1.82, 2.24) is 4.98 Å². The summed E-state index contributed by atoms with van der Waals surface area (Å²) >= 11 is 0. The minimum Gasteiger partial charge on any atom is -0.495 e. The second-order valence-corrected chi connectivity index (χ2v) is 2.18. The Kier molecular flexibility index (Phi) is 2.58. The van der Waals surface area contributed by atoms with E-state index in [2.05, 4.69) is 11.6 Å². The molecule has 0 aliphatic carbocycles. The van der Waals surface area contributed by atoms with Crippen LogP contribution >= 0.6 is 0 Å². The molecule has 1 rings (SSSR count). The Morgan fingerprint density at radius 2 is 2.42 bits per heavy atom. The highest BCUT2D eigenvalue weighted by atomic mass is 16.5. The molecule has 0 aliphatic rings. The second-order valence-electron chi connectivity index (χ2n) is 2.18. The summed E-state index contributed by atoms with van der Waals surface area (Å²) in [4.78, 5) is 14.9. The van der Waals surface area contributed by atoms with Crippen molar-refractivity contribution in [1.29, 1.82) is 0 Å². The Morgan fingerprint density at radius 1 is 1.67 bits per heavy atom. The lowest BCUT2D eigenvalue weighted by Gasteiger charge is -1.99. The summed E-state index contributed by atoms with van der Waals surface area (Å²) in [6.45, 7) is 3.37. The van der Waals surface area contributed by atoms with Gasteiger partial charge in [-0.15, -0.1) is 0 Å². The minimum absolute atomic E-state index is 0.151. The number of carbonyl (C=O) groups is 1. The van der Waals surface area contributed by atoms with Crippen LogP contribution in [-0.2, 0) is 0 Å². The van der Waals surface area contributed by atoms with Crippen LogP contribution in [0, 0.1) is 0 Å². The van der Waals surface area contributed by atoms with E-state index in [9.17, 15) is 4.79 Å². The fourth-order valence-corrected chi connectivity index (χ4v) is 0.783. The summed E-state index contributed by atoms with van der Waals surface area (Å²) in [6.07, 6.45) is 4.27. The van der Waals surface area contributed by atoms with E-state index in [1.54, 1.807) is 12.3 Å². The van der Waals surface area contributed by atoms with Crippen molar-refractivity contribution in [3.63, 3.8) is 0 Å². The quantitative estimate of drug-likeness (QED) is 0.500. The maximum atomic E-state index is 11.1. The van der Waals surface area contributed by atoms with E-state index in [4.69, 9.17) is 4.74 Å². The number of pyridine rings is 1. The van der Waals surface area contributed by atoms with Crippen LogP contribution in [0.4, 0.5) is 0 Å². The summed E-state index contributed by atoms with van der Waals surface area (Å²) in [6, 6.07) is 1.62. The third kappa shape index (κ3) is 1.69. The number of methoxy groups -OCH3 is 1. The predicted octanol–water partition coefficient (Wildman–Crippen LogP) is 1.46. The van der Waals surface area contributed by atoms with Crippen LogP contribution < -0.4 is 4.74 Å². The van der Waals surface area contributed by atoms with Gasteiger partial charge >= 0.3 is 0 Å². The Balaban J connectivity index is 3.01. The number of nitrogens with zero attached hydrogens (tertiary/aromatic N) is 1. The molecule has 0 N–H and O–H groups in total. The predicted molar refractivity (Wildman–Crippen MR) is 45.3 cm³/mol. The second kappa shape index (κ2) is 3.67. The molecule has 0 saturated heterocycles. The normalized spacial score (nSPS) is 9.08. The molecule has 0 atom stereocenters. The van der Waals surface area contributed by atoms with Crippen LogP contribution in [0.3, 0.4) is 0 Å². The van der Waals surface area contributed by atoms with Gasteiger partial charge in [0.1, 0.15) is 5.75 Å². The number of hydrogen-bond acceptors (Lipinski definition) is 3. The average molecular weight is 163 g/mol. The number of rotatable bonds is 3. The molecule has 0 amide bonds. The van der Waals surface area contributed by atoms with Gasteiger partial charge in [0.05, 0.1) is 13.3 Å². The SMILES string of the molecule is C=CC(=O)c1cncc(OC)c1. The van der Waals surface area contributed by atoms with Gasteiger partial charge in [0, 0.05) is 11.8 Å². The van der Waals surface area contributed by atoms with Crippen LogP contribution in [0.1, 0.15) is 10.4 Å². The lowest BCUT2D eigenvalue weighted by atomic mass is 10.2. The van der Waals surface area contributed by atoms with Crippen LogP contribution in [0.15, 0.2) is 31.1 Å². The molecule has 1 heterocycles. The molecule has 62 valence electrons. The summed E-state index contributed by atoms with van der Waals surface area (Å²) in [5.41, 5.74) is 0.490. The van der Waals surface area contributed by atoms with Gasteiger partial charge in [0.25, 0.3) is 0 Å². The molecule has 0 aliphatic heterocycles. The molecule has 1 aromatic rings. The topological polar surface area (TPSA) is 39.2 Å². The fourth-order valence-electron chi connectivity index (χ4n) is 0.783. The maximum Gasteiger partial charge on any atom is 0.186 e. The molecule has 0 spiro atoms. The first-order valence-electron chi connectivity index (χ1n) is 3.43. The van der Waals surface area contributed by atoms with Gasteiger partial charge in [0.2, 0.25) is 0 Å². The van der Waals surface area contributed by atoms with Crippen LogP contribution in [-0.4, -0.2) is 17.9 Å². The first-order chi connectivity index (χ1) is 5.77. The first-order valence-corrected chi connectivity index (χ1v) is 3.43. The number of ketones is 1. The highest BCUT2D eigenvalue weighted by Gasteiger charge is 2.01. The van der Waals surface area contributed by atoms with Gasteiger partial charge < -0.3 is 4.74 Å². The zero-order chi connectivity index (χ0) is 8.97. The molecule has 12 heavy (non-hydrogen) atoms. The number of carbonyl (C=O) groups excluding carboxylic acids is 1. The van der Waals surface area contributed by atoms with Crippen molar-refractivity contribution >= 4 is 5.78 Å². The van der Waals surface area contributed by atoms with Gasteiger partial charge in [-0.05, 0) is 12.1 Å². The molecule has 0 radical (unpaired) electrons. The van der Waals surface area contributed by atoms with Crippen molar-refractivity contribution in [3.8, 4) is 5.75 Å². The van der Waals surface area contributed by atoms with E-state index in [0.717, 1.165) is 0 Å². The van der Waals surface area contributed by atoms with E-state index >= 15 is 0 Å². The zero-order valence-electron chi connectivity index (χ0n) is 6.78. The molecular formula is C9H9NO2. The smallest absolute Gasteiger partial charge is 0.186 e. The van der Waals surface area contributed by atoms with Gasteiger partial charge in [-0.2, -0.15) is 0 Å². The lowest BCUT2D eigenvalue weighted by Crippen LogP contribution is -1.95. The van der Waals surface area contributed by atoms with Crippen molar-refractivity contribution < 1.29 is 9.53 Å². The summed E-state index contributed by atoms with van der Waals surface area (Å²) in [5.74, 6) is 0.420. The van der Waals surface area contributed by atoms with E-state index in [0.29, 0.717) is 11.3 Å². The third-order valence-corrected chi connectivity index (χ3v) is 1.42. The standard InChI is InChI=1S/C9H9NO2/c1-3-9(11)7-4-8(12-2)6-10-5-7/h3-6H,1H2,2H3. The highest BCUT2D eigenvalue weighted by molar-refractivity contribution is 6.04. The van der Waals surface area contributed by atoms with Crippen LogP contribution in [0.2, 0.25) is 0 Å². The Hall–Kier alpha value is -1.64. The molecule has 3 heteroatoms. The number of hydrogen-bond donors (Lipinski definition) is 0. The summed E-state index contributed by atoms with van der Waals surface area (Å²) in [7, 11) is 1.53. The van der Waals surface area contributed by atoms with E-state index < -0.39 is 0 Å². The van der Waals surface area contributed by atoms with E-state index in [1.165, 1.54) is 19.4 Å². The molecule has 0 saturated carbocycles. The molecular weight excluding hydrogens is 154 g/mol. The maximum absolute atomic E-state index is 11.1. The molecule has 0 fully saturated rings. The van der Waals surface area contributed by atoms with Crippen LogP contribution in [0.5, 0.6) is 5.75 Å². The Morgan fingerprint density at radius 3 is 3.00 bits per heavy atom. The van der Waals surface area contributed by atoms with Crippen LogP contribution in [0.25, 0.3) is 0 Å². The van der Waals surface area contributed by atoms with Gasteiger partial charge in [-0.1, -0.05) is 6.58 Å². The van der Waals surface area contributed by atoms with Crippen molar-refractivity contribution in [2.75, 3.05) is 7.11 Å². The van der Waals surface area contributed by atoms with Crippen molar-refractivity contribution in [2.45, 2.75) is 0 Å². The van der Waals surface area contributed by atoms with Gasteiger partial charge in [0.15, 0.2) is 5.78 Å². The average Bonchev–Trinajstić information content (AvgIpc) is 2.17. The first kappa shape index (κ1) is 8.46. The van der Waals surface area contributed by atoms with Gasteiger partial charge in [-0.3, -0.25) is 9.78 Å². The molecule has 0 unspecified atom stereocenters. The summed E-state index contributed by atoms with van der Waals surface area (Å²) < 4.78 is 4.90. The number of ether oxygens (including phenoxy) is 1. The highest BCUT2D eigenvalue weighted by Crippen LogP contribution is 2.10. The largest absolute Gasteiger partial charge is 0.495 e. The zero-order valence-corrected chi connectivity index (χ0v) is 6.78. The molecule has 1 aromatic heterocycles. The van der Waals surface area contributed by atoms with E-state index in [-0.39, 0.29) is 5.78 Å². The lowest BCUT2D eigenvalue weighted by molar-refractivity contribution is 0.104. The Bertz CT molecular complexity index is 307. The third-order valence-electron chi connectivity index (χ3n) is 1.42. The number of allylic oxidation sites excluding steroid dienone is 1. The van der Waals surface area contributed by atoms with E-state index in [1.807, 2.05) is 0 Å². The monoisotopic (exact) mass is 163 g/mol. The van der Waals surface area contributed by atoms with Crippen molar-refractivity contribution in [3.05, 3.63) is 36.7 Å².